The quantitative estimate of drug-likeness (QED) is 0.451. The fourth-order valence-electron chi connectivity index (χ4n) is 3.71. The molecule has 1 heterocycles. The van der Waals surface area contributed by atoms with Gasteiger partial charge >= 0.3 is 0 Å². The highest BCUT2D eigenvalue weighted by molar-refractivity contribution is 7.99. The third-order valence-corrected chi connectivity index (χ3v) is 6.63. The third kappa shape index (κ3) is 3.64. The first-order valence-electron chi connectivity index (χ1n) is 10.1. The van der Waals surface area contributed by atoms with E-state index in [1.165, 1.54) is 62.9 Å². The number of unbranched alkanes of at least 4 members (excludes halogenated alkanes) is 1. The van der Waals surface area contributed by atoms with E-state index in [4.69, 9.17) is 0 Å². The van der Waals surface area contributed by atoms with Crippen LogP contribution in [0, 0.1) is 6.92 Å². The number of fused-ring (bicyclic) bond motifs is 2. The van der Waals surface area contributed by atoms with E-state index >= 15 is 0 Å². The van der Waals surface area contributed by atoms with Gasteiger partial charge in [-0.05, 0) is 73.4 Å². The van der Waals surface area contributed by atoms with Crippen molar-refractivity contribution >= 4 is 34.5 Å². The van der Waals surface area contributed by atoms with Crippen molar-refractivity contribution in [2.24, 2.45) is 0 Å². The van der Waals surface area contributed by atoms with Gasteiger partial charge in [0.1, 0.15) is 0 Å². The molecule has 0 fully saturated rings. The molecule has 1 aliphatic heterocycles. The first kappa shape index (κ1) is 18.9. The van der Waals surface area contributed by atoms with Crippen LogP contribution in [0.1, 0.15) is 30.9 Å². The minimum Gasteiger partial charge on any atom is -0.345 e. The Labute approximate surface area is 173 Å². The monoisotopic (exact) mass is 388 g/mol. The number of hydrogen-bond donors (Lipinski definition) is 0. The summed E-state index contributed by atoms with van der Waals surface area (Å²) < 4.78 is 0. The summed E-state index contributed by atoms with van der Waals surface area (Å²) in [6, 6.07) is 22.5. The fraction of sp³-hybridized carbons (Fsp3) is 0.280. The fourth-order valence-corrected chi connectivity index (χ4v) is 5.00. The van der Waals surface area contributed by atoms with Crippen molar-refractivity contribution in [3.63, 3.8) is 0 Å². The van der Waals surface area contributed by atoms with Crippen LogP contribution in [0.25, 0.3) is 0 Å². The van der Waals surface area contributed by atoms with Crippen LogP contribution in [-0.2, 0) is 6.42 Å². The Morgan fingerprint density at radius 2 is 1.50 bits per heavy atom. The van der Waals surface area contributed by atoms with Gasteiger partial charge in [-0.15, -0.1) is 0 Å². The van der Waals surface area contributed by atoms with E-state index in [1.54, 1.807) is 0 Å². The zero-order chi connectivity index (χ0) is 19.7. The average Bonchev–Trinajstić information content (AvgIpc) is 2.71. The van der Waals surface area contributed by atoms with Gasteiger partial charge in [-0.3, -0.25) is 0 Å². The molecule has 0 N–H and O–H groups in total. The number of benzene rings is 3. The number of aryl methyl sites for hydroxylation is 2. The van der Waals surface area contributed by atoms with Crippen LogP contribution in [0.4, 0.5) is 22.7 Å². The number of nitrogens with zero attached hydrogens (tertiary/aromatic N) is 2. The van der Waals surface area contributed by atoms with Crippen molar-refractivity contribution in [3.8, 4) is 0 Å². The summed E-state index contributed by atoms with van der Waals surface area (Å²) in [6.07, 6.45) is 3.67. The highest BCUT2D eigenvalue weighted by Gasteiger charge is 2.21. The maximum atomic E-state index is 2.31. The highest BCUT2D eigenvalue weighted by atomic mass is 32.2. The van der Waals surface area contributed by atoms with E-state index < -0.39 is 0 Å². The molecule has 0 aromatic heterocycles. The maximum absolute atomic E-state index is 2.31. The van der Waals surface area contributed by atoms with Crippen LogP contribution in [0.3, 0.4) is 0 Å². The molecule has 3 aromatic rings. The SMILES string of the molecule is CCCCc1ccc(N(C)c2ccc3c(c2)Sc2cc(C)ccc2N3C)cc1. The first-order chi connectivity index (χ1) is 13.6. The van der Waals surface area contributed by atoms with Gasteiger partial charge in [0, 0.05) is 35.3 Å². The molecular weight excluding hydrogens is 360 g/mol. The largest absolute Gasteiger partial charge is 0.345 e. The molecule has 3 aromatic carbocycles. The van der Waals surface area contributed by atoms with E-state index in [1.807, 2.05) is 11.8 Å². The van der Waals surface area contributed by atoms with E-state index in [-0.39, 0.29) is 0 Å². The zero-order valence-corrected chi connectivity index (χ0v) is 18.0. The number of anilines is 4. The molecule has 0 radical (unpaired) electrons. The lowest BCUT2D eigenvalue weighted by Gasteiger charge is -2.31. The summed E-state index contributed by atoms with van der Waals surface area (Å²) in [5.41, 5.74) is 7.73. The van der Waals surface area contributed by atoms with Gasteiger partial charge in [-0.2, -0.15) is 0 Å². The number of rotatable bonds is 5. The second kappa shape index (κ2) is 7.92. The van der Waals surface area contributed by atoms with E-state index in [0.29, 0.717) is 0 Å². The van der Waals surface area contributed by atoms with Gasteiger partial charge in [0.2, 0.25) is 0 Å². The average molecular weight is 389 g/mol. The second-order valence-electron chi connectivity index (χ2n) is 7.61. The minimum atomic E-state index is 1.17. The Kier molecular flexibility index (Phi) is 5.36. The van der Waals surface area contributed by atoms with E-state index in [2.05, 4.69) is 98.4 Å². The molecule has 0 atom stereocenters. The first-order valence-corrected chi connectivity index (χ1v) is 10.9. The van der Waals surface area contributed by atoms with Gasteiger partial charge < -0.3 is 9.80 Å². The van der Waals surface area contributed by atoms with E-state index in [9.17, 15) is 0 Å². The predicted octanol–water partition coefficient (Wildman–Crippen LogP) is 7.34. The van der Waals surface area contributed by atoms with Crippen molar-refractivity contribution in [2.45, 2.75) is 42.9 Å². The second-order valence-corrected chi connectivity index (χ2v) is 8.70. The molecule has 0 amide bonds. The third-order valence-electron chi connectivity index (χ3n) is 5.53. The lowest BCUT2D eigenvalue weighted by Crippen LogP contribution is -2.16. The molecule has 3 heteroatoms. The Balaban J connectivity index is 1.60. The summed E-state index contributed by atoms with van der Waals surface area (Å²) in [6.45, 7) is 4.40. The summed E-state index contributed by atoms with van der Waals surface area (Å²) in [5.74, 6) is 0. The molecule has 144 valence electrons. The van der Waals surface area contributed by atoms with Crippen LogP contribution in [-0.4, -0.2) is 14.1 Å². The highest BCUT2D eigenvalue weighted by Crippen LogP contribution is 2.48. The molecule has 0 saturated heterocycles. The standard InChI is InChI=1S/C25H28N2S/c1-5-6-7-19-9-11-20(12-10-19)26(3)21-13-15-23-25(17-21)28-24-16-18(2)8-14-22(24)27(23)4/h8-17H,5-7H2,1-4H3. The summed E-state index contributed by atoms with van der Waals surface area (Å²) in [4.78, 5) is 7.21. The van der Waals surface area contributed by atoms with Crippen molar-refractivity contribution < 1.29 is 0 Å². The Bertz CT molecular complexity index is 978. The molecule has 0 aliphatic carbocycles. The van der Waals surface area contributed by atoms with Crippen molar-refractivity contribution in [2.75, 3.05) is 23.9 Å². The van der Waals surface area contributed by atoms with Crippen molar-refractivity contribution in [3.05, 3.63) is 71.8 Å². The van der Waals surface area contributed by atoms with Gasteiger partial charge in [-0.25, -0.2) is 0 Å². The topological polar surface area (TPSA) is 6.48 Å². The predicted molar refractivity (Wildman–Crippen MR) is 123 cm³/mol. The number of hydrogen-bond acceptors (Lipinski definition) is 3. The van der Waals surface area contributed by atoms with Gasteiger partial charge in [0.25, 0.3) is 0 Å². The molecule has 0 unspecified atom stereocenters. The van der Waals surface area contributed by atoms with E-state index in [0.717, 1.165) is 0 Å². The zero-order valence-electron chi connectivity index (χ0n) is 17.2. The van der Waals surface area contributed by atoms with Gasteiger partial charge in [0.05, 0.1) is 11.4 Å². The molecule has 1 aliphatic rings. The molecule has 0 bridgehead atoms. The minimum absolute atomic E-state index is 1.17. The molecule has 0 saturated carbocycles. The van der Waals surface area contributed by atoms with Gasteiger partial charge in [0.15, 0.2) is 0 Å². The van der Waals surface area contributed by atoms with Crippen LogP contribution in [0.15, 0.2) is 70.5 Å². The summed E-state index contributed by atoms with van der Waals surface area (Å²) in [7, 11) is 4.31. The molecule has 4 rings (SSSR count). The van der Waals surface area contributed by atoms with Gasteiger partial charge in [-0.1, -0.05) is 43.3 Å². The van der Waals surface area contributed by atoms with Crippen molar-refractivity contribution in [1.29, 1.82) is 0 Å². The van der Waals surface area contributed by atoms with Crippen molar-refractivity contribution in [1.82, 2.24) is 0 Å². The van der Waals surface area contributed by atoms with Crippen LogP contribution in [0.5, 0.6) is 0 Å². The normalized spacial score (nSPS) is 12.5. The Morgan fingerprint density at radius 1 is 0.857 bits per heavy atom. The van der Waals surface area contributed by atoms with Crippen LogP contribution in [0.2, 0.25) is 0 Å². The summed E-state index contributed by atoms with van der Waals surface area (Å²) in [5, 5.41) is 0. The molecule has 0 spiro atoms. The molecular formula is C25H28N2S. The van der Waals surface area contributed by atoms with Crippen LogP contribution < -0.4 is 9.80 Å². The Morgan fingerprint density at radius 3 is 2.21 bits per heavy atom. The molecule has 2 nitrogen and oxygen atoms in total. The lowest BCUT2D eigenvalue weighted by atomic mass is 10.1. The van der Waals surface area contributed by atoms with Crippen LogP contribution >= 0.6 is 11.8 Å². The maximum Gasteiger partial charge on any atom is 0.0551 e. The Hall–Kier alpha value is -2.39. The molecule has 28 heavy (non-hydrogen) atoms. The smallest absolute Gasteiger partial charge is 0.0551 e. The summed E-state index contributed by atoms with van der Waals surface area (Å²) >= 11 is 1.87. The lowest BCUT2D eigenvalue weighted by molar-refractivity contribution is 0.795.